The SMILES string of the molecule is Cc1ccc(SCCC2CCNCC2)cc1C. The molecular weight excluding hydrogens is 226 g/mol. The second kappa shape index (κ2) is 6.46. The molecule has 1 aliphatic rings. The predicted molar refractivity (Wildman–Crippen MR) is 76.9 cm³/mol. The molecule has 1 aliphatic heterocycles. The molecule has 0 unspecified atom stereocenters. The first-order valence-corrected chi connectivity index (χ1v) is 7.65. The average molecular weight is 249 g/mol. The van der Waals surface area contributed by atoms with Gasteiger partial charge in [0, 0.05) is 4.90 Å². The van der Waals surface area contributed by atoms with Gasteiger partial charge < -0.3 is 5.32 Å². The van der Waals surface area contributed by atoms with Gasteiger partial charge in [-0.1, -0.05) is 6.07 Å². The van der Waals surface area contributed by atoms with E-state index in [9.17, 15) is 0 Å². The molecule has 1 fully saturated rings. The zero-order chi connectivity index (χ0) is 12.1. The summed E-state index contributed by atoms with van der Waals surface area (Å²) in [6.07, 6.45) is 4.11. The molecule has 2 heteroatoms. The zero-order valence-corrected chi connectivity index (χ0v) is 11.8. The number of nitrogens with one attached hydrogen (secondary N) is 1. The Morgan fingerprint density at radius 1 is 1.18 bits per heavy atom. The van der Waals surface area contributed by atoms with Gasteiger partial charge >= 0.3 is 0 Å². The fraction of sp³-hybridized carbons (Fsp3) is 0.600. The van der Waals surface area contributed by atoms with Crippen molar-refractivity contribution in [2.45, 2.75) is 38.0 Å². The van der Waals surface area contributed by atoms with E-state index in [-0.39, 0.29) is 0 Å². The van der Waals surface area contributed by atoms with Crippen molar-refractivity contribution in [3.8, 4) is 0 Å². The summed E-state index contributed by atoms with van der Waals surface area (Å²) in [7, 11) is 0. The highest BCUT2D eigenvalue weighted by Gasteiger charge is 2.12. The van der Waals surface area contributed by atoms with Crippen LogP contribution >= 0.6 is 11.8 Å². The Balaban J connectivity index is 1.75. The van der Waals surface area contributed by atoms with Gasteiger partial charge in [0.1, 0.15) is 0 Å². The second-order valence-corrected chi connectivity index (χ2v) is 6.24. The van der Waals surface area contributed by atoms with E-state index in [1.54, 1.807) is 0 Å². The maximum atomic E-state index is 3.43. The highest BCUT2D eigenvalue weighted by Crippen LogP contribution is 2.25. The molecule has 1 N–H and O–H groups in total. The van der Waals surface area contributed by atoms with Crippen molar-refractivity contribution in [3.05, 3.63) is 29.3 Å². The molecule has 1 aromatic carbocycles. The highest BCUT2D eigenvalue weighted by atomic mass is 32.2. The maximum Gasteiger partial charge on any atom is 0.00747 e. The molecule has 0 saturated carbocycles. The number of hydrogen-bond acceptors (Lipinski definition) is 2. The first kappa shape index (κ1) is 13.0. The van der Waals surface area contributed by atoms with Crippen LogP contribution in [-0.2, 0) is 0 Å². The van der Waals surface area contributed by atoms with E-state index in [1.807, 2.05) is 11.8 Å². The van der Waals surface area contributed by atoms with Gasteiger partial charge in [0.2, 0.25) is 0 Å². The number of piperidine rings is 1. The van der Waals surface area contributed by atoms with Crippen LogP contribution in [0.4, 0.5) is 0 Å². The molecule has 1 nitrogen and oxygen atoms in total. The smallest absolute Gasteiger partial charge is 0.00747 e. The minimum absolute atomic E-state index is 0.954. The van der Waals surface area contributed by atoms with E-state index in [1.165, 1.54) is 54.1 Å². The second-order valence-electron chi connectivity index (χ2n) is 5.08. The molecule has 1 saturated heterocycles. The van der Waals surface area contributed by atoms with E-state index >= 15 is 0 Å². The summed E-state index contributed by atoms with van der Waals surface area (Å²) in [6.45, 7) is 6.82. The molecule has 0 atom stereocenters. The van der Waals surface area contributed by atoms with Gasteiger partial charge in [-0.25, -0.2) is 0 Å². The normalized spacial score (nSPS) is 17.3. The van der Waals surface area contributed by atoms with Gasteiger partial charge in [-0.2, -0.15) is 0 Å². The number of hydrogen-bond donors (Lipinski definition) is 1. The number of thioether (sulfide) groups is 1. The van der Waals surface area contributed by atoms with Crippen molar-refractivity contribution in [1.82, 2.24) is 5.32 Å². The first-order chi connectivity index (χ1) is 8.25. The molecule has 0 aliphatic carbocycles. The molecule has 17 heavy (non-hydrogen) atoms. The van der Waals surface area contributed by atoms with Gasteiger partial charge in [0.05, 0.1) is 0 Å². The topological polar surface area (TPSA) is 12.0 Å². The third-order valence-corrected chi connectivity index (χ3v) is 4.76. The van der Waals surface area contributed by atoms with E-state index in [2.05, 4.69) is 37.4 Å². The van der Waals surface area contributed by atoms with Crippen molar-refractivity contribution in [3.63, 3.8) is 0 Å². The lowest BCUT2D eigenvalue weighted by Crippen LogP contribution is -2.27. The molecule has 0 aromatic heterocycles. The van der Waals surface area contributed by atoms with Crippen LogP contribution in [-0.4, -0.2) is 18.8 Å². The molecule has 94 valence electrons. The van der Waals surface area contributed by atoms with E-state index in [0.717, 1.165) is 5.92 Å². The van der Waals surface area contributed by atoms with Crippen molar-refractivity contribution < 1.29 is 0 Å². The highest BCUT2D eigenvalue weighted by molar-refractivity contribution is 7.99. The summed E-state index contributed by atoms with van der Waals surface area (Å²) >= 11 is 2.02. The van der Waals surface area contributed by atoms with Crippen molar-refractivity contribution >= 4 is 11.8 Å². The van der Waals surface area contributed by atoms with Crippen LogP contribution in [0.5, 0.6) is 0 Å². The Morgan fingerprint density at radius 2 is 1.94 bits per heavy atom. The zero-order valence-electron chi connectivity index (χ0n) is 11.0. The van der Waals surface area contributed by atoms with Crippen LogP contribution in [0.15, 0.2) is 23.1 Å². The van der Waals surface area contributed by atoms with Crippen molar-refractivity contribution in [2.75, 3.05) is 18.8 Å². The number of benzene rings is 1. The minimum Gasteiger partial charge on any atom is -0.317 e. The van der Waals surface area contributed by atoms with Gasteiger partial charge in [-0.3, -0.25) is 0 Å². The lowest BCUT2D eigenvalue weighted by atomic mass is 9.96. The molecule has 1 heterocycles. The summed E-state index contributed by atoms with van der Waals surface area (Å²) in [5.74, 6) is 2.22. The fourth-order valence-electron chi connectivity index (χ4n) is 2.32. The number of aryl methyl sites for hydroxylation is 2. The van der Waals surface area contributed by atoms with Gasteiger partial charge in [-0.15, -0.1) is 11.8 Å². The first-order valence-electron chi connectivity index (χ1n) is 6.66. The lowest BCUT2D eigenvalue weighted by Gasteiger charge is -2.22. The van der Waals surface area contributed by atoms with Crippen LogP contribution < -0.4 is 5.32 Å². The lowest BCUT2D eigenvalue weighted by molar-refractivity contribution is 0.367. The van der Waals surface area contributed by atoms with Crippen LogP contribution in [0.1, 0.15) is 30.4 Å². The van der Waals surface area contributed by atoms with Crippen LogP contribution in [0, 0.1) is 19.8 Å². The van der Waals surface area contributed by atoms with E-state index < -0.39 is 0 Å². The van der Waals surface area contributed by atoms with Gasteiger partial charge in [0.25, 0.3) is 0 Å². The van der Waals surface area contributed by atoms with Crippen LogP contribution in [0.2, 0.25) is 0 Å². The Labute approximate surface area is 109 Å². The summed E-state index contributed by atoms with van der Waals surface area (Å²) in [6, 6.07) is 6.82. The molecule has 1 aromatic rings. The van der Waals surface area contributed by atoms with Gasteiger partial charge in [0.15, 0.2) is 0 Å². The maximum absolute atomic E-state index is 3.43. The fourth-order valence-corrected chi connectivity index (χ4v) is 3.43. The predicted octanol–water partition coefficient (Wildman–Crippen LogP) is 3.79. The summed E-state index contributed by atoms with van der Waals surface area (Å²) < 4.78 is 0. The van der Waals surface area contributed by atoms with E-state index in [0.29, 0.717) is 0 Å². The van der Waals surface area contributed by atoms with Gasteiger partial charge in [-0.05, 0) is 81.1 Å². The quantitative estimate of drug-likeness (QED) is 0.815. The van der Waals surface area contributed by atoms with Crippen LogP contribution in [0.25, 0.3) is 0 Å². The molecule has 0 amide bonds. The molecular formula is C15H23NS. The summed E-state index contributed by atoms with van der Waals surface area (Å²) in [4.78, 5) is 1.43. The van der Waals surface area contributed by atoms with E-state index in [4.69, 9.17) is 0 Å². The minimum atomic E-state index is 0.954. The Hall–Kier alpha value is -0.470. The van der Waals surface area contributed by atoms with Crippen LogP contribution in [0.3, 0.4) is 0 Å². The monoisotopic (exact) mass is 249 g/mol. The number of rotatable bonds is 4. The standard InChI is InChI=1S/C15H23NS/c1-12-3-4-15(11-13(12)2)17-10-7-14-5-8-16-9-6-14/h3-4,11,14,16H,5-10H2,1-2H3. The third kappa shape index (κ3) is 4.04. The largest absolute Gasteiger partial charge is 0.317 e. The summed E-state index contributed by atoms with van der Waals surface area (Å²) in [5, 5.41) is 3.43. The average Bonchev–Trinajstić information content (AvgIpc) is 2.35. The Bertz CT molecular complexity index is 356. The molecule has 0 bridgehead atoms. The third-order valence-electron chi connectivity index (χ3n) is 3.73. The molecule has 0 radical (unpaired) electrons. The Kier molecular flexibility index (Phi) is 4.93. The van der Waals surface area contributed by atoms with Crippen molar-refractivity contribution in [1.29, 1.82) is 0 Å². The molecule has 2 rings (SSSR count). The molecule has 0 spiro atoms. The Morgan fingerprint density at radius 3 is 2.65 bits per heavy atom. The summed E-state index contributed by atoms with van der Waals surface area (Å²) in [5.41, 5.74) is 2.81. The van der Waals surface area contributed by atoms with Crippen molar-refractivity contribution in [2.24, 2.45) is 5.92 Å².